The predicted octanol–water partition coefficient (Wildman–Crippen LogP) is 5.26. The Hall–Kier alpha value is -1.89. The average molecular weight is 461 g/mol. The van der Waals surface area contributed by atoms with Crippen LogP contribution in [-0.2, 0) is 16.1 Å². The molecule has 0 aliphatic carbocycles. The number of rotatable bonds is 6. The van der Waals surface area contributed by atoms with Gasteiger partial charge in [0, 0.05) is 10.5 Å². The minimum absolute atomic E-state index is 0.0749. The number of hydrogen-bond donors (Lipinski definition) is 1. The highest BCUT2D eigenvalue weighted by molar-refractivity contribution is 9.10. The zero-order valence-electron chi connectivity index (χ0n) is 17.4. The molecule has 156 valence electrons. The maximum absolute atomic E-state index is 13.1. The van der Waals surface area contributed by atoms with Gasteiger partial charge in [0.25, 0.3) is 0 Å². The maximum atomic E-state index is 13.1. The van der Waals surface area contributed by atoms with Gasteiger partial charge in [-0.25, -0.2) is 4.79 Å². The van der Waals surface area contributed by atoms with Gasteiger partial charge in [0.2, 0.25) is 0 Å². The van der Waals surface area contributed by atoms with Crippen LogP contribution in [0.15, 0.2) is 59.1 Å². The van der Waals surface area contributed by atoms with Crippen molar-refractivity contribution in [2.45, 2.75) is 58.2 Å². The van der Waals surface area contributed by atoms with Gasteiger partial charge in [-0.1, -0.05) is 72.2 Å². The molecule has 0 bridgehead atoms. The first kappa shape index (κ1) is 21.8. The van der Waals surface area contributed by atoms with Crippen molar-refractivity contribution in [1.82, 2.24) is 10.2 Å². The smallest absolute Gasteiger partial charge is 0.412 e. The molecular formula is C23H29BrN2O3. The third-order valence-electron chi connectivity index (χ3n) is 5.05. The third-order valence-corrected chi connectivity index (χ3v) is 5.58. The van der Waals surface area contributed by atoms with E-state index in [1.807, 2.05) is 56.3 Å². The second kappa shape index (κ2) is 9.28. The molecule has 29 heavy (non-hydrogen) atoms. The second-order valence-electron chi connectivity index (χ2n) is 8.09. The molecule has 2 aromatic carbocycles. The summed E-state index contributed by atoms with van der Waals surface area (Å²) >= 11 is 3.50. The maximum Gasteiger partial charge on any atom is 0.412 e. The highest BCUT2D eigenvalue weighted by Crippen LogP contribution is 2.35. The van der Waals surface area contributed by atoms with Gasteiger partial charge in [-0.2, -0.15) is 0 Å². The highest BCUT2D eigenvalue weighted by Gasteiger charge is 2.48. The van der Waals surface area contributed by atoms with E-state index in [1.165, 1.54) is 0 Å². The van der Waals surface area contributed by atoms with E-state index < -0.39 is 5.72 Å². The van der Waals surface area contributed by atoms with Gasteiger partial charge >= 0.3 is 6.09 Å². The monoisotopic (exact) mass is 460 g/mol. The summed E-state index contributed by atoms with van der Waals surface area (Å²) in [6, 6.07) is 17.9. The molecule has 0 radical (unpaired) electrons. The van der Waals surface area contributed by atoms with Crippen molar-refractivity contribution in [2.24, 2.45) is 0 Å². The molecule has 3 rings (SSSR count). The van der Waals surface area contributed by atoms with Gasteiger partial charge in [0.15, 0.2) is 0 Å². The minimum Gasteiger partial charge on any atom is -0.444 e. The van der Waals surface area contributed by atoms with Gasteiger partial charge in [-0.05, 0) is 37.1 Å². The highest BCUT2D eigenvalue weighted by atomic mass is 79.9. The van der Waals surface area contributed by atoms with Crippen LogP contribution < -0.4 is 5.32 Å². The summed E-state index contributed by atoms with van der Waals surface area (Å²) in [5.74, 6) is 0. The number of nitrogens with one attached hydrogen (secondary N) is 1. The molecular weight excluding hydrogens is 432 g/mol. The largest absolute Gasteiger partial charge is 0.444 e. The molecule has 1 aliphatic rings. The number of halogens is 1. The summed E-state index contributed by atoms with van der Waals surface area (Å²) < 4.78 is 12.7. The normalized spacial score (nSPS) is 19.4. The molecule has 1 amide bonds. The summed E-state index contributed by atoms with van der Waals surface area (Å²) in [4.78, 5) is 14.8. The number of amides is 1. The van der Waals surface area contributed by atoms with Gasteiger partial charge in [0.05, 0.1) is 18.7 Å². The van der Waals surface area contributed by atoms with E-state index in [4.69, 9.17) is 9.47 Å². The average Bonchev–Trinajstić information content (AvgIpc) is 3.00. The van der Waals surface area contributed by atoms with Crippen LogP contribution in [0.25, 0.3) is 0 Å². The summed E-state index contributed by atoms with van der Waals surface area (Å²) in [6.07, 6.45) is -0.367. The van der Waals surface area contributed by atoms with Crippen LogP contribution in [0, 0.1) is 0 Å². The van der Waals surface area contributed by atoms with E-state index in [0.717, 1.165) is 15.6 Å². The Bertz CT molecular complexity index is 809. The van der Waals surface area contributed by atoms with E-state index in [2.05, 4.69) is 47.2 Å². The zero-order valence-corrected chi connectivity index (χ0v) is 19.0. The summed E-state index contributed by atoms with van der Waals surface area (Å²) in [6.45, 7) is 8.69. The lowest BCUT2D eigenvalue weighted by Crippen LogP contribution is -2.52. The van der Waals surface area contributed by atoms with Crippen molar-refractivity contribution >= 4 is 22.0 Å². The fraction of sp³-hybridized carbons (Fsp3) is 0.435. The molecule has 0 saturated carbocycles. The lowest BCUT2D eigenvalue weighted by Gasteiger charge is -2.37. The van der Waals surface area contributed by atoms with Crippen LogP contribution in [0.3, 0.4) is 0 Å². The molecule has 1 saturated heterocycles. The standard InChI is InChI=1S/C23H29BrN2O3/c1-16(2)25-21(18-10-12-19(24)13-11-18)20-15-29-23(3,4)26(20)22(27)28-14-17-8-6-5-7-9-17/h5-13,16,20-21,25H,14-15H2,1-4H3/t20-,21-/m1/s1. The summed E-state index contributed by atoms with van der Waals surface area (Å²) in [5.41, 5.74) is 1.32. The molecule has 0 unspecified atom stereocenters. The minimum atomic E-state index is -0.745. The Labute approximate surface area is 181 Å². The van der Waals surface area contributed by atoms with Crippen LogP contribution in [0.4, 0.5) is 4.79 Å². The Kier molecular flexibility index (Phi) is 6.98. The molecule has 6 heteroatoms. The van der Waals surface area contributed by atoms with Crippen LogP contribution in [0.5, 0.6) is 0 Å². The number of ether oxygens (including phenoxy) is 2. The van der Waals surface area contributed by atoms with E-state index in [0.29, 0.717) is 6.61 Å². The number of nitrogens with zero attached hydrogens (tertiary/aromatic N) is 1. The van der Waals surface area contributed by atoms with Gasteiger partial charge in [-0.3, -0.25) is 4.90 Å². The number of benzene rings is 2. The van der Waals surface area contributed by atoms with E-state index >= 15 is 0 Å². The Morgan fingerprint density at radius 3 is 2.48 bits per heavy atom. The molecule has 0 spiro atoms. The second-order valence-corrected chi connectivity index (χ2v) is 9.00. The van der Waals surface area contributed by atoms with Gasteiger partial charge < -0.3 is 14.8 Å². The number of hydrogen-bond acceptors (Lipinski definition) is 4. The predicted molar refractivity (Wildman–Crippen MR) is 117 cm³/mol. The number of carbonyl (C=O) groups excluding carboxylic acids is 1. The van der Waals surface area contributed by atoms with Crippen LogP contribution in [0.1, 0.15) is 44.9 Å². The Balaban J connectivity index is 1.83. The van der Waals surface area contributed by atoms with Gasteiger partial charge in [-0.15, -0.1) is 0 Å². The van der Waals surface area contributed by atoms with Crippen molar-refractivity contribution in [3.05, 3.63) is 70.2 Å². The lowest BCUT2D eigenvalue weighted by atomic mass is 9.97. The third kappa shape index (κ3) is 5.38. The van der Waals surface area contributed by atoms with E-state index in [9.17, 15) is 4.79 Å². The first-order valence-corrected chi connectivity index (χ1v) is 10.7. The van der Waals surface area contributed by atoms with Crippen molar-refractivity contribution in [2.75, 3.05) is 6.61 Å². The molecule has 1 fully saturated rings. The fourth-order valence-corrected chi connectivity index (χ4v) is 3.95. The Morgan fingerprint density at radius 2 is 1.86 bits per heavy atom. The van der Waals surface area contributed by atoms with Crippen LogP contribution in [-0.4, -0.2) is 35.4 Å². The molecule has 0 aromatic heterocycles. The number of carbonyl (C=O) groups is 1. The Morgan fingerprint density at radius 1 is 1.21 bits per heavy atom. The van der Waals surface area contributed by atoms with E-state index in [1.54, 1.807) is 4.90 Å². The zero-order chi connectivity index (χ0) is 21.0. The van der Waals surface area contributed by atoms with Crippen molar-refractivity contribution in [3.8, 4) is 0 Å². The topological polar surface area (TPSA) is 50.8 Å². The first-order valence-electron chi connectivity index (χ1n) is 9.93. The molecule has 5 nitrogen and oxygen atoms in total. The molecule has 1 heterocycles. The van der Waals surface area contributed by atoms with Crippen molar-refractivity contribution in [3.63, 3.8) is 0 Å². The fourth-order valence-electron chi connectivity index (χ4n) is 3.68. The van der Waals surface area contributed by atoms with Crippen molar-refractivity contribution in [1.29, 1.82) is 0 Å². The molecule has 1 N–H and O–H groups in total. The quantitative estimate of drug-likeness (QED) is 0.638. The lowest BCUT2D eigenvalue weighted by molar-refractivity contribution is -0.0504. The SMILES string of the molecule is CC(C)N[C@H](c1ccc(Br)cc1)[C@H]1COC(C)(C)N1C(=O)OCc1ccccc1. The van der Waals surface area contributed by atoms with Crippen LogP contribution >= 0.6 is 15.9 Å². The molecule has 1 aliphatic heterocycles. The molecule has 2 atom stereocenters. The van der Waals surface area contributed by atoms with E-state index in [-0.39, 0.29) is 30.8 Å². The first-order chi connectivity index (χ1) is 13.8. The van der Waals surface area contributed by atoms with Crippen molar-refractivity contribution < 1.29 is 14.3 Å². The molecule has 2 aromatic rings. The summed E-state index contributed by atoms with van der Waals surface area (Å²) in [5, 5.41) is 3.61. The summed E-state index contributed by atoms with van der Waals surface area (Å²) in [7, 11) is 0. The van der Waals surface area contributed by atoms with Gasteiger partial charge in [0.1, 0.15) is 12.3 Å². The van der Waals surface area contributed by atoms with Crippen LogP contribution in [0.2, 0.25) is 0 Å².